The van der Waals surface area contributed by atoms with Crippen molar-refractivity contribution in [1.82, 2.24) is 9.78 Å². The van der Waals surface area contributed by atoms with Crippen molar-refractivity contribution in [2.75, 3.05) is 0 Å². The highest BCUT2D eigenvalue weighted by molar-refractivity contribution is 6.06. The number of aryl methyl sites for hydroxylation is 1. The normalized spacial score (nSPS) is 11.5. The van der Waals surface area contributed by atoms with Gasteiger partial charge in [-0.1, -0.05) is 38.1 Å². The number of aromatic nitrogens is 2. The average Bonchev–Trinajstić information content (AvgIpc) is 3.23. The van der Waals surface area contributed by atoms with Crippen LogP contribution < -0.4 is 0 Å². The van der Waals surface area contributed by atoms with Crippen molar-refractivity contribution < 1.29 is 14.1 Å². The van der Waals surface area contributed by atoms with Gasteiger partial charge in [0.25, 0.3) is 0 Å². The summed E-state index contributed by atoms with van der Waals surface area (Å²) in [6.07, 6.45) is 3.09. The van der Waals surface area contributed by atoms with Gasteiger partial charge in [-0.15, -0.1) is 0 Å². The van der Waals surface area contributed by atoms with E-state index in [9.17, 15) is 14.9 Å². The first-order valence-electron chi connectivity index (χ1n) is 9.35. The van der Waals surface area contributed by atoms with Crippen molar-refractivity contribution in [2.24, 2.45) is 0 Å². The molecular formula is C22H23N3O4. The number of hydrogen-bond donors (Lipinski definition) is 0. The van der Waals surface area contributed by atoms with E-state index in [4.69, 9.17) is 4.42 Å². The van der Waals surface area contributed by atoms with Gasteiger partial charge in [-0.2, -0.15) is 5.10 Å². The molecule has 0 unspecified atom stereocenters. The lowest BCUT2D eigenvalue weighted by Gasteiger charge is -2.04. The molecule has 0 fully saturated rings. The number of carbonyl (C=O) groups excluding carboxylic acids is 1. The Morgan fingerprint density at radius 1 is 1.21 bits per heavy atom. The Bertz CT molecular complexity index is 1070. The third-order valence-corrected chi connectivity index (χ3v) is 4.77. The van der Waals surface area contributed by atoms with Crippen molar-refractivity contribution in [3.8, 4) is 0 Å². The smallest absolute Gasteiger partial charge is 0.312 e. The largest absolute Gasteiger partial charge is 0.460 e. The van der Waals surface area contributed by atoms with Gasteiger partial charge >= 0.3 is 5.69 Å². The Balaban J connectivity index is 1.69. The van der Waals surface area contributed by atoms with Crippen molar-refractivity contribution in [3.05, 3.63) is 86.6 Å². The SMILES string of the molecule is Cc1nn(Cc2ccc(/C=C/C(=O)c3ccc(C(C)C)cc3)o2)c(C)c1[N+](=O)[O-]. The average molecular weight is 393 g/mol. The fraction of sp³-hybridized carbons (Fsp3) is 0.273. The number of furan rings is 1. The highest BCUT2D eigenvalue weighted by Gasteiger charge is 2.22. The Morgan fingerprint density at radius 2 is 1.90 bits per heavy atom. The molecule has 2 heterocycles. The third-order valence-electron chi connectivity index (χ3n) is 4.77. The summed E-state index contributed by atoms with van der Waals surface area (Å²) in [6.45, 7) is 7.76. The molecule has 29 heavy (non-hydrogen) atoms. The predicted octanol–water partition coefficient (Wildman–Crippen LogP) is 5.07. The summed E-state index contributed by atoms with van der Waals surface area (Å²) in [4.78, 5) is 23.0. The van der Waals surface area contributed by atoms with Crippen molar-refractivity contribution >= 4 is 17.5 Å². The molecule has 0 bridgehead atoms. The second-order valence-corrected chi connectivity index (χ2v) is 7.21. The molecule has 0 spiro atoms. The van der Waals surface area contributed by atoms with Crippen LogP contribution in [-0.4, -0.2) is 20.5 Å². The second kappa shape index (κ2) is 8.26. The number of hydrogen-bond acceptors (Lipinski definition) is 5. The van der Waals surface area contributed by atoms with Gasteiger partial charge in [0.1, 0.15) is 22.9 Å². The van der Waals surface area contributed by atoms with Crippen LogP contribution in [0.3, 0.4) is 0 Å². The molecule has 3 aromatic rings. The van der Waals surface area contributed by atoms with E-state index in [1.165, 1.54) is 11.6 Å². The Hall–Kier alpha value is -3.48. The topological polar surface area (TPSA) is 91.2 Å². The lowest BCUT2D eigenvalue weighted by atomic mass is 10.0. The second-order valence-electron chi connectivity index (χ2n) is 7.21. The van der Waals surface area contributed by atoms with Gasteiger partial charge in [0.05, 0.1) is 11.5 Å². The predicted molar refractivity (Wildman–Crippen MR) is 110 cm³/mol. The number of rotatable bonds is 7. The summed E-state index contributed by atoms with van der Waals surface area (Å²) >= 11 is 0. The van der Waals surface area contributed by atoms with Crippen LogP contribution >= 0.6 is 0 Å². The molecule has 1 aromatic carbocycles. The van der Waals surface area contributed by atoms with E-state index in [0.717, 1.165) is 0 Å². The van der Waals surface area contributed by atoms with E-state index in [0.29, 0.717) is 34.4 Å². The first-order chi connectivity index (χ1) is 13.8. The molecule has 0 aliphatic rings. The van der Waals surface area contributed by atoms with E-state index in [-0.39, 0.29) is 18.0 Å². The summed E-state index contributed by atoms with van der Waals surface area (Å²) in [6, 6.07) is 11.1. The van der Waals surface area contributed by atoms with Gasteiger partial charge in [0.15, 0.2) is 5.78 Å². The third kappa shape index (κ3) is 4.51. The first-order valence-corrected chi connectivity index (χ1v) is 9.35. The maximum atomic E-state index is 12.3. The zero-order chi connectivity index (χ0) is 21.1. The number of allylic oxidation sites excluding steroid dienone is 1. The lowest BCUT2D eigenvalue weighted by Crippen LogP contribution is -2.03. The highest BCUT2D eigenvalue weighted by atomic mass is 16.6. The van der Waals surface area contributed by atoms with E-state index in [1.807, 2.05) is 24.3 Å². The van der Waals surface area contributed by atoms with Crippen molar-refractivity contribution in [2.45, 2.75) is 40.2 Å². The molecule has 2 aromatic heterocycles. The van der Waals surface area contributed by atoms with E-state index >= 15 is 0 Å². The number of ketones is 1. The van der Waals surface area contributed by atoms with Crippen LogP contribution in [-0.2, 0) is 6.54 Å². The quantitative estimate of drug-likeness (QED) is 0.242. The van der Waals surface area contributed by atoms with Crippen LogP contribution in [0.4, 0.5) is 5.69 Å². The molecule has 0 aliphatic heterocycles. The van der Waals surface area contributed by atoms with E-state index in [2.05, 4.69) is 18.9 Å². The maximum Gasteiger partial charge on any atom is 0.312 e. The first kappa shape index (κ1) is 20.3. The zero-order valence-corrected chi connectivity index (χ0v) is 16.9. The Labute approximate surface area is 168 Å². The van der Waals surface area contributed by atoms with Crippen LogP contribution in [0.15, 0.2) is 46.9 Å². The standard InChI is InChI=1S/C22H23N3O4/c1-14(2)17-5-7-18(8-6-17)21(26)12-11-19-9-10-20(29-19)13-24-16(4)22(25(27)28)15(3)23-24/h5-12,14H,13H2,1-4H3/b12-11+. The van der Waals surface area contributed by atoms with Gasteiger partial charge in [-0.3, -0.25) is 19.6 Å². The van der Waals surface area contributed by atoms with Crippen LogP contribution in [0.2, 0.25) is 0 Å². The van der Waals surface area contributed by atoms with E-state index < -0.39 is 4.92 Å². The van der Waals surface area contributed by atoms with Crippen LogP contribution in [0.1, 0.15) is 58.6 Å². The summed E-state index contributed by atoms with van der Waals surface area (Å²) in [5.41, 5.74) is 2.66. The van der Waals surface area contributed by atoms with Crippen LogP contribution in [0.5, 0.6) is 0 Å². The van der Waals surface area contributed by atoms with Gasteiger partial charge in [0, 0.05) is 5.56 Å². The number of benzene rings is 1. The number of nitro groups is 1. The molecule has 0 N–H and O–H groups in total. The Morgan fingerprint density at radius 3 is 2.48 bits per heavy atom. The van der Waals surface area contributed by atoms with Gasteiger partial charge in [-0.25, -0.2) is 0 Å². The Kier molecular flexibility index (Phi) is 5.77. The minimum atomic E-state index is -0.427. The van der Waals surface area contributed by atoms with Crippen LogP contribution in [0.25, 0.3) is 6.08 Å². The molecule has 7 nitrogen and oxygen atoms in total. The lowest BCUT2D eigenvalue weighted by molar-refractivity contribution is -0.386. The monoisotopic (exact) mass is 393 g/mol. The molecular weight excluding hydrogens is 370 g/mol. The summed E-state index contributed by atoms with van der Waals surface area (Å²) in [5, 5.41) is 15.3. The number of carbonyl (C=O) groups is 1. The van der Waals surface area contributed by atoms with Crippen molar-refractivity contribution in [1.29, 1.82) is 0 Å². The molecule has 0 radical (unpaired) electrons. The fourth-order valence-corrected chi connectivity index (χ4v) is 3.11. The molecule has 0 amide bonds. The highest BCUT2D eigenvalue weighted by Crippen LogP contribution is 2.23. The molecule has 0 atom stereocenters. The molecule has 0 saturated heterocycles. The van der Waals surface area contributed by atoms with Crippen molar-refractivity contribution in [3.63, 3.8) is 0 Å². The summed E-state index contributed by atoms with van der Waals surface area (Å²) in [5.74, 6) is 1.44. The molecule has 0 saturated carbocycles. The zero-order valence-electron chi connectivity index (χ0n) is 16.9. The molecule has 3 rings (SSSR count). The van der Waals surface area contributed by atoms with Gasteiger partial charge in [-0.05, 0) is 49.6 Å². The fourth-order valence-electron chi connectivity index (χ4n) is 3.11. The minimum Gasteiger partial charge on any atom is -0.460 e. The molecule has 7 heteroatoms. The number of nitrogens with zero attached hydrogens (tertiary/aromatic N) is 3. The molecule has 0 aliphatic carbocycles. The summed E-state index contributed by atoms with van der Waals surface area (Å²) < 4.78 is 7.26. The van der Waals surface area contributed by atoms with Gasteiger partial charge in [0.2, 0.25) is 0 Å². The molecule has 150 valence electrons. The minimum absolute atomic E-state index is 0.0192. The van der Waals surface area contributed by atoms with Gasteiger partial charge < -0.3 is 4.42 Å². The summed E-state index contributed by atoms with van der Waals surface area (Å²) in [7, 11) is 0. The van der Waals surface area contributed by atoms with Crippen LogP contribution in [0, 0.1) is 24.0 Å². The van der Waals surface area contributed by atoms with E-state index in [1.54, 1.807) is 36.7 Å². The maximum absolute atomic E-state index is 12.3.